The molecule has 0 saturated carbocycles. The first-order valence-corrected chi connectivity index (χ1v) is 12.6. The number of hydrogen-bond donors (Lipinski definition) is 1. The second-order valence-corrected chi connectivity index (χ2v) is 10.2. The van der Waals surface area contributed by atoms with Gasteiger partial charge in [-0.1, -0.05) is 71.8 Å². The van der Waals surface area contributed by atoms with Crippen molar-refractivity contribution in [3.63, 3.8) is 0 Å². The Morgan fingerprint density at radius 2 is 1.50 bits per heavy atom. The lowest BCUT2D eigenvalue weighted by Gasteiger charge is -2.40. The van der Waals surface area contributed by atoms with Crippen LogP contribution in [0.3, 0.4) is 0 Å². The number of nitrogens with one attached hydrogen (secondary N) is 1. The number of aryl methyl sites for hydroxylation is 1. The zero-order chi connectivity index (χ0) is 22.6. The molecule has 3 aromatic carbocycles. The maximum absolute atomic E-state index is 12.9. The molecule has 0 aromatic heterocycles. The molecular weight excluding hydrogens is 442 g/mol. The van der Waals surface area contributed by atoms with Gasteiger partial charge in [-0.3, -0.25) is 4.90 Å². The summed E-state index contributed by atoms with van der Waals surface area (Å²) >= 11 is 6.39. The van der Waals surface area contributed by atoms with Crippen LogP contribution in [0.5, 0.6) is 0 Å². The maximum atomic E-state index is 12.9. The summed E-state index contributed by atoms with van der Waals surface area (Å²) in [7, 11) is -3.58. The lowest BCUT2D eigenvalue weighted by molar-refractivity contribution is 0.187. The van der Waals surface area contributed by atoms with Gasteiger partial charge in [-0.15, -0.1) is 0 Å². The van der Waals surface area contributed by atoms with Gasteiger partial charge in [0.1, 0.15) is 0 Å². The van der Waals surface area contributed by atoms with Crippen molar-refractivity contribution in [1.82, 2.24) is 9.62 Å². The van der Waals surface area contributed by atoms with Crippen LogP contribution >= 0.6 is 11.6 Å². The van der Waals surface area contributed by atoms with E-state index < -0.39 is 10.0 Å². The Bertz CT molecular complexity index is 1130. The Morgan fingerprint density at radius 3 is 2.16 bits per heavy atom. The van der Waals surface area contributed by atoms with Gasteiger partial charge in [0.05, 0.1) is 15.6 Å². The van der Waals surface area contributed by atoms with E-state index >= 15 is 0 Å². The van der Waals surface area contributed by atoms with Crippen LogP contribution in [0, 0.1) is 6.92 Å². The minimum atomic E-state index is -3.58. The molecule has 1 atom stereocenters. The Morgan fingerprint density at radius 1 is 0.875 bits per heavy atom. The van der Waals surface area contributed by atoms with E-state index in [0.29, 0.717) is 11.4 Å². The van der Waals surface area contributed by atoms with Crippen molar-refractivity contribution in [1.29, 1.82) is 0 Å². The molecule has 1 fully saturated rings. The number of rotatable bonds is 7. The van der Waals surface area contributed by atoms with Crippen molar-refractivity contribution >= 4 is 27.3 Å². The van der Waals surface area contributed by atoms with E-state index in [1.165, 1.54) is 0 Å². The van der Waals surface area contributed by atoms with Gasteiger partial charge in [-0.25, -0.2) is 13.1 Å². The third-order valence-corrected chi connectivity index (χ3v) is 7.69. The highest BCUT2D eigenvalue weighted by Gasteiger charge is 2.27. The molecule has 0 bridgehead atoms. The minimum Gasteiger partial charge on any atom is -0.368 e. The molecule has 5 nitrogen and oxygen atoms in total. The molecule has 0 spiro atoms. The summed E-state index contributed by atoms with van der Waals surface area (Å²) in [6.07, 6.45) is 0. The Kier molecular flexibility index (Phi) is 7.16. The van der Waals surface area contributed by atoms with Crippen LogP contribution in [0.4, 0.5) is 5.69 Å². The first-order valence-electron chi connectivity index (χ1n) is 10.8. The van der Waals surface area contributed by atoms with E-state index in [1.54, 1.807) is 12.1 Å². The topological polar surface area (TPSA) is 52.7 Å². The second-order valence-electron chi connectivity index (χ2n) is 8.07. The fraction of sp³-hybridized carbons (Fsp3) is 0.280. The average molecular weight is 470 g/mol. The third kappa shape index (κ3) is 5.33. The third-order valence-electron chi connectivity index (χ3n) is 5.93. The van der Waals surface area contributed by atoms with Crippen LogP contribution in [0.15, 0.2) is 83.8 Å². The van der Waals surface area contributed by atoms with Gasteiger partial charge in [-0.2, -0.15) is 0 Å². The lowest BCUT2D eigenvalue weighted by atomic mass is 10.0. The molecule has 3 aromatic rings. The monoisotopic (exact) mass is 469 g/mol. The van der Waals surface area contributed by atoms with Crippen LogP contribution in [0.25, 0.3) is 0 Å². The number of hydrogen-bond acceptors (Lipinski definition) is 4. The van der Waals surface area contributed by atoms with Gasteiger partial charge in [0.25, 0.3) is 0 Å². The Labute approximate surface area is 195 Å². The van der Waals surface area contributed by atoms with Crippen molar-refractivity contribution in [3.8, 4) is 0 Å². The van der Waals surface area contributed by atoms with Gasteiger partial charge in [0.15, 0.2) is 0 Å². The SMILES string of the molecule is Cc1ccc(S(=O)(=O)NCC(c2ccccc2)N2CCN(c3ccccc3Cl)CC2)cc1. The van der Waals surface area contributed by atoms with Crippen molar-refractivity contribution in [2.45, 2.75) is 17.9 Å². The molecule has 4 rings (SSSR count). The van der Waals surface area contributed by atoms with Crippen LogP contribution in [0.1, 0.15) is 17.2 Å². The Balaban J connectivity index is 1.48. The first-order chi connectivity index (χ1) is 15.4. The molecule has 1 aliphatic heterocycles. The summed E-state index contributed by atoms with van der Waals surface area (Å²) in [5, 5.41) is 0.756. The van der Waals surface area contributed by atoms with Crippen molar-refractivity contribution < 1.29 is 8.42 Å². The highest BCUT2D eigenvalue weighted by atomic mass is 35.5. The number of piperazine rings is 1. The zero-order valence-electron chi connectivity index (χ0n) is 18.1. The van der Waals surface area contributed by atoms with Crippen molar-refractivity contribution in [3.05, 3.63) is 95.0 Å². The number of halogens is 1. The van der Waals surface area contributed by atoms with Crippen LogP contribution in [0.2, 0.25) is 5.02 Å². The molecular formula is C25H28ClN3O2S. The van der Waals surface area contributed by atoms with E-state index in [4.69, 9.17) is 11.6 Å². The van der Waals surface area contributed by atoms with Crippen molar-refractivity contribution in [2.24, 2.45) is 0 Å². The predicted octanol–water partition coefficient (Wildman–Crippen LogP) is 4.49. The lowest BCUT2D eigenvalue weighted by Crippen LogP contribution is -2.50. The molecule has 168 valence electrons. The molecule has 0 aliphatic carbocycles. The number of nitrogens with zero attached hydrogens (tertiary/aromatic N) is 2. The smallest absolute Gasteiger partial charge is 0.240 e. The van der Waals surface area contributed by atoms with E-state index in [2.05, 4.69) is 26.7 Å². The van der Waals surface area contributed by atoms with E-state index in [-0.39, 0.29) is 6.04 Å². The Hall–Kier alpha value is -2.38. The quantitative estimate of drug-likeness (QED) is 0.554. The fourth-order valence-corrected chi connectivity index (χ4v) is 5.40. The van der Waals surface area contributed by atoms with E-state index in [9.17, 15) is 8.42 Å². The van der Waals surface area contributed by atoms with Crippen molar-refractivity contribution in [2.75, 3.05) is 37.6 Å². The van der Waals surface area contributed by atoms with Crippen LogP contribution in [-0.4, -0.2) is 46.0 Å². The first kappa shape index (κ1) is 22.8. The molecule has 1 unspecified atom stereocenters. The summed E-state index contributed by atoms with van der Waals surface area (Å²) in [5.74, 6) is 0. The van der Waals surface area contributed by atoms with Gasteiger partial charge in [0, 0.05) is 38.8 Å². The molecule has 1 aliphatic rings. The van der Waals surface area contributed by atoms with E-state index in [0.717, 1.165) is 48.0 Å². The molecule has 1 heterocycles. The molecule has 0 amide bonds. The zero-order valence-corrected chi connectivity index (χ0v) is 19.7. The normalized spacial score (nSPS) is 16.1. The molecule has 1 saturated heterocycles. The summed E-state index contributed by atoms with van der Waals surface area (Å²) < 4.78 is 28.6. The van der Waals surface area contributed by atoms with Gasteiger partial charge in [-0.05, 0) is 36.8 Å². The predicted molar refractivity (Wildman–Crippen MR) is 131 cm³/mol. The maximum Gasteiger partial charge on any atom is 0.240 e. The molecule has 1 N–H and O–H groups in total. The van der Waals surface area contributed by atoms with Gasteiger partial charge >= 0.3 is 0 Å². The highest BCUT2D eigenvalue weighted by molar-refractivity contribution is 7.89. The number of anilines is 1. The summed E-state index contributed by atoms with van der Waals surface area (Å²) in [5.41, 5.74) is 3.18. The van der Waals surface area contributed by atoms with Crippen LogP contribution < -0.4 is 9.62 Å². The largest absolute Gasteiger partial charge is 0.368 e. The average Bonchev–Trinajstić information content (AvgIpc) is 2.81. The molecule has 7 heteroatoms. The van der Waals surface area contributed by atoms with Gasteiger partial charge < -0.3 is 4.90 Å². The van der Waals surface area contributed by atoms with Gasteiger partial charge in [0.2, 0.25) is 10.0 Å². The van der Waals surface area contributed by atoms with E-state index in [1.807, 2.05) is 61.5 Å². The highest BCUT2D eigenvalue weighted by Crippen LogP contribution is 2.28. The van der Waals surface area contributed by atoms with Crippen LogP contribution in [-0.2, 0) is 10.0 Å². The number of sulfonamides is 1. The molecule has 0 radical (unpaired) electrons. The standard InChI is InChI=1S/C25H28ClN3O2S/c1-20-11-13-22(14-12-20)32(30,31)27-19-25(21-7-3-2-4-8-21)29-17-15-28(16-18-29)24-10-6-5-9-23(24)26/h2-14,25,27H,15-19H2,1H3. The summed E-state index contributed by atoms with van der Waals surface area (Å²) in [6, 6.07) is 24.9. The number of benzene rings is 3. The molecule has 32 heavy (non-hydrogen) atoms. The summed E-state index contributed by atoms with van der Waals surface area (Å²) in [6.45, 7) is 5.55. The summed E-state index contributed by atoms with van der Waals surface area (Å²) in [4.78, 5) is 4.93. The minimum absolute atomic E-state index is 0.0511. The second kappa shape index (κ2) is 10.0. The number of para-hydroxylation sites is 1. The fourth-order valence-electron chi connectivity index (χ4n) is 4.11.